The van der Waals surface area contributed by atoms with E-state index in [2.05, 4.69) is 44.2 Å². The third-order valence-electron chi connectivity index (χ3n) is 4.73. The van der Waals surface area contributed by atoms with Crippen LogP contribution in [-0.4, -0.2) is 19.3 Å². The SMILES string of the molecule is CCCC(C)C(N)C1(c2ccccc2)CCOCC1. The van der Waals surface area contributed by atoms with Crippen LogP contribution in [0.25, 0.3) is 0 Å². The van der Waals surface area contributed by atoms with E-state index in [4.69, 9.17) is 10.5 Å². The van der Waals surface area contributed by atoms with E-state index in [1.165, 1.54) is 18.4 Å². The van der Waals surface area contributed by atoms with Crippen LogP contribution in [0.3, 0.4) is 0 Å². The Balaban J connectivity index is 2.29. The van der Waals surface area contributed by atoms with Crippen molar-refractivity contribution in [2.24, 2.45) is 11.7 Å². The number of hydrogen-bond donors (Lipinski definition) is 1. The Morgan fingerprint density at radius 3 is 2.42 bits per heavy atom. The highest BCUT2D eigenvalue weighted by atomic mass is 16.5. The summed E-state index contributed by atoms with van der Waals surface area (Å²) in [6, 6.07) is 11.0. The highest BCUT2D eigenvalue weighted by molar-refractivity contribution is 5.28. The third kappa shape index (κ3) is 3.01. The summed E-state index contributed by atoms with van der Waals surface area (Å²) in [6.07, 6.45) is 4.51. The van der Waals surface area contributed by atoms with Gasteiger partial charge in [0.05, 0.1) is 0 Å². The fourth-order valence-corrected chi connectivity index (χ4v) is 3.50. The Bertz CT molecular complexity index is 370. The molecule has 0 saturated carbocycles. The maximum atomic E-state index is 6.69. The van der Waals surface area contributed by atoms with Gasteiger partial charge in [-0.1, -0.05) is 50.6 Å². The molecule has 0 aliphatic carbocycles. The first-order chi connectivity index (χ1) is 9.20. The van der Waals surface area contributed by atoms with Gasteiger partial charge < -0.3 is 10.5 Å². The van der Waals surface area contributed by atoms with Crippen LogP contribution in [0.1, 0.15) is 45.1 Å². The number of benzene rings is 1. The van der Waals surface area contributed by atoms with Crippen LogP contribution in [0.4, 0.5) is 0 Å². The van der Waals surface area contributed by atoms with Crippen LogP contribution in [0.5, 0.6) is 0 Å². The van der Waals surface area contributed by atoms with Crippen LogP contribution in [0.2, 0.25) is 0 Å². The van der Waals surface area contributed by atoms with Gasteiger partial charge in [0.25, 0.3) is 0 Å². The van der Waals surface area contributed by atoms with Crippen molar-refractivity contribution in [1.29, 1.82) is 0 Å². The minimum atomic E-state index is 0.105. The second-order valence-electron chi connectivity index (χ2n) is 5.93. The zero-order chi connectivity index (χ0) is 13.7. The second kappa shape index (κ2) is 6.53. The summed E-state index contributed by atoms with van der Waals surface area (Å²) >= 11 is 0. The lowest BCUT2D eigenvalue weighted by atomic mass is 9.65. The summed E-state index contributed by atoms with van der Waals surface area (Å²) in [4.78, 5) is 0. The average Bonchev–Trinajstić information content (AvgIpc) is 2.48. The summed E-state index contributed by atoms with van der Waals surface area (Å²) in [6.45, 7) is 6.21. The minimum absolute atomic E-state index is 0.105. The van der Waals surface area contributed by atoms with E-state index in [1.807, 2.05) is 0 Å². The van der Waals surface area contributed by atoms with E-state index in [0.717, 1.165) is 26.1 Å². The van der Waals surface area contributed by atoms with Gasteiger partial charge in [0.1, 0.15) is 0 Å². The molecule has 2 rings (SSSR count). The van der Waals surface area contributed by atoms with E-state index in [1.54, 1.807) is 0 Å². The van der Waals surface area contributed by atoms with Crippen LogP contribution in [0, 0.1) is 5.92 Å². The van der Waals surface area contributed by atoms with Crippen molar-refractivity contribution in [3.05, 3.63) is 35.9 Å². The minimum Gasteiger partial charge on any atom is -0.381 e. The predicted octanol–water partition coefficient (Wildman–Crippen LogP) is 3.50. The molecule has 19 heavy (non-hydrogen) atoms. The van der Waals surface area contributed by atoms with E-state index in [-0.39, 0.29) is 11.5 Å². The molecule has 2 nitrogen and oxygen atoms in total. The molecule has 1 fully saturated rings. The molecule has 2 N–H and O–H groups in total. The summed E-state index contributed by atoms with van der Waals surface area (Å²) < 4.78 is 5.58. The zero-order valence-corrected chi connectivity index (χ0v) is 12.3. The first kappa shape index (κ1) is 14.5. The molecule has 0 amide bonds. The molecular weight excluding hydrogens is 234 g/mol. The highest BCUT2D eigenvalue weighted by Gasteiger charge is 2.41. The maximum absolute atomic E-state index is 6.69. The van der Waals surface area contributed by atoms with Crippen molar-refractivity contribution in [2.75, 3.05) is 13.2 Å². The first-order valence-electron chi connectivity index (χ1n) is 7.59. The molecule has 2 unspecified atom stereocenters. The van der Waals surface area contributed by atoms with Gasteiger partial charge in [-0.2, -0.15) is 0 Å². The zero-order valence-electron chi connectivity index (χ0n) is 12.3. The van der Waals surface area contributed by atoms with E-state index >= 15 is 0 Å². The Kier molecular flexibility index (Phi) is 5.00. The summed E-state index contributed by atoms with van der Waals surface area (Å²) in [5.74, 6) is 0.559. The van der Waals surface area contributed by atoms with Crippen LogP contribution < -0.4 is 5.73 Å². The molecule has 0 aromatic heterocycles. The molecular formula is C17H27NO. The highest BCUT2D eigenvalue weighted by Crippen LogP contribution is 2.40. The quantitative estimate of drug-likeness (QED) is 0.880. The molecule has 1 aromatic rings. The Morgan fingerprint density at radius 2 is 1.84 bits per heavy atom. The first-order valence-corrected chi connectivity index (χ1v) is 7.59. The Hall–Kier alpha value is -0.860. The van der Waals surface area contributed by atoms with Crippen molar-refractivity contribution in [3.63, 3.8) is 0 Å². The van der Waals surface area contributed by atoms with Crippen molar-refractivity contribution < 1.29 is 4.74 Å². The molecule has 0 bridgehead atoms. The van der Waals surface area contributed by atoms with Gasteiger partial charge in [0, 0.05) is 24.7 Å². The molecule has 1 aliphatic heterocycles. The van der Waals surface area contributed by atoms with E-state index < -0.39 is 0 Å². The van der Waals surface area contributed by atoms with Gasteiger partial charge in [0.15, 0.2) is 0 Å². The third-order valence-corrected chi connectivity index (χ3v) is 4.73. The van der Waals surface area contributed by atoms with Crippen LogP contribution >= 0.6 is 0 Å². The van der Waals surface area contributed by atoms with Crippen molar-refractivity contribution in [2.45, 2.75) is 51.0 Å². The normalized spacial score (nSPS) is 21.8. The summed E-state index contributed by atoms with van der Waals surface area (Å²) in [5.41, 5.74) is 8.19. The van der Waals surface area contributed by atoms with Gasteiger partial charge >= 0.3 is 0 Å². The van der Waals surface area contributed by atoms with Gasteiger partial charge in [-0.3, -0.25) is 0 Å². The molecule has 2 atom stereocenters. The van der Waals surface area contributed by atoms with Gasteiger partial charge in [-0.25, -0.2) is 0 Å². The largest absolute Gasteiger partial charge is 0.381 e. The number of hydrogen-bond acceptors (Lipinski definition) is 2. The van der Waals surface area contributed by atoms with Crippen molar-refractivity contribution in [1.82, 2.24) is 0 Å². The molecule has 0 spiro atoms. The Morgan fingerprint density at radius 1 is 1.21 bits per heavy atom. The molecule has 106 valence electrons. The smallest absolute Gasteiger partial charge is 0.0475 e. The Labute approximate surface area is 117 Å². The molecule has 1 aromatic carbocycles. The lowest BCUT2D eigenvalue weighted by Crippen LogP contribution is -2.52. The van der Waals surface area contributed by atoms with Crippen molar-refractivity contribution in [3.8, 4) is 0 Å². The fourth-order valence-electron chi connectivity index (χ4n) is 3.50. The fraction of sp³-hybridized carbons (Fsp3) is 0.647. The average molecular weight is 261 g/mol. The second-order valence-corrected chi connectivity index (χ2v) is 5.93. The van der Waals surface area contributed by atoms with Gasteiger partial charge in [-0.05, 0) is 30.7 Å². The monoisotopic (exact) mass is 261 g/mol. The number of rotatable bonds is 5. The van der Waals surface area contributed by atoms with Gasteiger partial charge in [0.2, 0.25) is 0 Å². The lowest BCUT2D eigenvalue weighted by Gasteiger charge is -2.45. The molecule has 1 heterocycles. The number of ether oxygens (including phenoxy) is 1. The standard InChI is InChI=1S/C17H27NO/c1-3-7-14(2)16(18)17(10-12-19-13-11-17)15-8-5-4-6-9-15/h4-6,8-9,14,16H,3,7,10-13,18H2,1-2H3. The van der Waals surface area contributed by atoms with E-state index in [0.29, 0.717) is 5.92 Å². The predicted molar refractivity (Wildman–Crippen MR) is 80.2 cm³/mol. The lowest BCUT2D eigenvalue weighted by molar-refractivity contribution is 0.0317. The molecule has 2 heteroatoms. The van der Waals surface area contributed by atoms with E-state index in [9.17, 15) is 0 Å². The summed E-state index contributed by atoms with van der Waals surface area (Å²) in [7, 11) is 0. The summed E-state index contributed by atoms with van der Waals surface area (Å²) in [5, 5.41) is 0. The van der Waals surface area contributed by atoms with Gasteiger partial charge in [-0.15, -0.1) is 0 Å². The topological polar surface area (TPSA) is 35.2 Å². The molecule has 1 saturated heterocycles. The molecule has 1 aliphatic rings. The molecule has 0 radical (unpaired) electrons. The number of nitrogens with two attached hydrogens (primary N) is 1. The van der Waals surface area contributed by atoms with Crippen molar-refractivity contribution >= 4 is 0 Å². The maximum Gasteiger partial charge on any atom is 0.0475 e. The van der Waals surface area contributed by atoms with Crippen LogP contribution in [-0.2, 0) is 10.2 Å². The van der Waals surface area contributed by atoms with Crippen LogP contribution in [0.15, 0.2) is 30.3 Å².